The Kier molecular flexibility index (Phi) is 5.77. The molecule has 5 nitrogen and oxygen atoms in total. The van der Waals surface area contributed by atoms with E-state index in [1.54, 1.807) is 7.11 Å². The van der Waals surface area contributed by atoms with E-state index >= 15 is 0 Å². The number of carbonyl (C=O) groups is 1. The van der Waals surface area contributed by atoms with E-state index < -0.39 is 0 Å². The fourth-order valence-electron chi connectivity index (χ4n) is 7.43. The smallest absolute Gasteiger partial charge is 0.435 e. The van der Waals surface area contributed by atoms with Gasteiger partial charge in [0.05, 0.1) is 13.2 Å². The molecule has 1 saturated carbocycles. The number of nitrogens with zero attached hydrogens (tertiary/aromatic N) is 2. The first-order chi connectivity index (χ1) is 16.4. The molecule has 4 aliphatic rings. The number of fused-ring (bicyclic) bond motifs is 7. The Balaban J connectivity index is 1.39. The van der Waals surface area contributed by atoms with Gasteiger partial charge in [-0.1, -0.05) is 47.2 Å². The van der Waals surface area contributed by atoms with Crippen molar-refractivity contribution in [3.63, 3.8) is 0 Å². The predicted octanol–water partition coefficient (Wildman–Crippen LogP) is 6.82. The highest BCUT2D eigenvalue weighted by molar-refractivity contribution is 14.1. The summed E-state index contributed by atoms with van der Waals surface area (Å²) in [5.74, 6) is 2.69. The summed E-state index contributed by atoms with van der Waals surface area (Å²) in [6.45, 7) is 2.41. The van der Waals surface area contributed by atoms with E-state index in [-0.39, 0.29) is 23.7 Å². The van der Waals surface area contributed by atoms with Crippen LogP contribution in [0.25, 0.3) is 0 Å². The number of alkyl halides is 1. The second kappa shape index (κ2) is 8.56. The number of aryl methyl sites for hydroxylation is 1. The van der Waals surface area contributed by atoms with Crippen LogP contribution in [0, 0.1) is 17.3 Å². The van der Waals surface area contributed by atoms with Crippen LogP contribution in [-0.2, 0) is 11.3 Å². The zero-order valence-electron chi connectivity index (χ0n) is 19.5. The van der Waals surface area contributed by atoms with E-state index in [0.29, 0.717) is 22.8 Å². The third kappa shape index (κ3) is 3.39. The highest BCUT2D eigenvalue weighted by Gasteiger charge is 2.63. The average molecular weight is 593 g/mol. The van der Waals surface area contributed by atoms with Crippen LogP contribution in [0.1, 0.15) is 49.7 Å². The zero-order chi connectivity index (χ0) is 23.6. The van der Waals surface area contributed by atoms with Gasteiger partial charge in [0, 0.05) is 20.6 Å². The number of piperidine rings is 1. The Bertz CT molecular complexity index is 1110. The van der Waals surface area contributed by atoms with Crippen LogP contribution in [0.15, 0.2) is 42.5 Å². The first-order valence-corrected chi connectivity index (χ1v) is 14.1. The van der Waals surface area contributed by atoms with Crippen molar-refractivity contribution in [3.8, 4) is 5.75 Å². The molecule has 2 saturated heterocycles. The monoisotopic (exact) mass is 592 g/mol. The maximum atomic E-state index is 13.2. The topological polar surface area (TPSA) is 42.0 Å². The highest BCUT2D eigenvalue weighted by atomic mass is 127. The van der Waals surface area contributed by atoms with Gasteiger partial charge in [-0.3, -0.25) is 4.90 Å². The van der Waals surface area contributed by atoms with Gasteiger partial charge in [0.1, 0.15) is 11.9 Å². The minimum Gasteiger partial charge on any atom is -0.497 e. The van der Waals surface area contributed by atoms with E-state index in [4.69, 9.17) is 21.2 Å². The number of benzene rings is 2. The molecule has 0 aromatic heterocycles. The van der Waals surface area contributed by atoms with Crippen LogP contribution in [0.5, 0.6) is 5.75 Å². The Morgan fingerprint density at radius 2 is 2.00 bits per heavy atom. The van der Waals surface area contributed by atoms with Crippen LogP contribution >= 0.6 is 34.2 Å². The van der Waals surface area contributed by atoms with Crippen molar-refractivity contribution < 1.29 is 14.4 Å². The number of rotatable bonds is 3. The van der Waals surface area contributed by atoms with E-state index in [0.717, 1.165) is 41.5 Å². The van der Waals surface area contributed by atoms with Crippen molar-refractivity contribution in [1.29, 1.82) is 0 Å². The minimum atomic E-state index is -0.271. The van der Waals surface area contributed by atoms with Gasteiger partial charge in [0.2, 0.25) is 0 Å². The fraction of sp³-hybridized carbons (Fsp3) is 0.519. The molecule has 6 atom stereocenters. The van der Waals surface area contributed by atoms with Crippen molar-refractivity contribution in [3.05, 3.63) is 58.6 Å². The number of ether oxygens (including phenoxy) is 1. The summed E-state index contributed by atoms with van der Waals surface area (Å²) in [6, 6.07) is 14.5. The summed E-state index contributed by atoms with van der Waals surface area (Å²) in [5.41, 5.74) is 3.79. The lowest BCUT2D eigenvalue weighted by atomic mass is 9.51. The summed E-state index contributed by atoms with van der Waals surface area (Å²) in [7, 11) is 1.74. The van der Waals surface area contributed by atoms with E-state index in [1.165, 1.54) is 17.5 Å². The van der Waals surface area contributed by atoms with Gasteiger partial charge in [-0.05, 0) is 97.4 Å². The van der Waals surface area contributed by atoms with Crippen molar-refractivity contribution in [2.24, 2.45) is 17.3 Å². The van der Waals surface area contributed by atoms with Crippen LogP contribution < -0.4 is 9.64 Å². The fourth-order valence-corrected chi connectivity index (χ4v) is 8.31. The van der Waals surface area contributed by atoms with Gasteiger partial charge >= 0.3 is 6.09 Å². The number of halogens is 2. The molecule has 0 spiro atoms. The van der Waals surface area contributed by atoms with Gasteiger partial charge in [0.15, 0.2) is 0 Å². The molecule has 7 heteroatoms. The zero-order valence-corrected chi connectivity index (χ0v) is 22.5. The SMILES string of the molecule is COc1ccc2c(c1)CC[C@@H]1[C@@H]2CC[C@]2(C)[C@@H]3N(c4ccc(Cl)cc4)C(=O)ON3[C@@H](CI)C[C@@H]12. The molecule has 0 radical (unpaired) electrons. The number of hydrogen-bond acceptors (Lipinski definition) is 4. The molecule has 3 fully saturated rings. The molecule has 6 rings (SSSR count). The lowest BCUT2D eigenvalue weighted by Gasteiger charge is -2.59. The molecule has 2 aromatic carbocycles. The summed E-state index contributed by atoms with van der Waals surface area (Å²) < 4.78 is 6.44. The van der Waals surface area contributed by atoms with Crippen molar-refractivity contribution >= 4 is 46.0 Å². The van der Waals surface area contributed by atoms with Gasteiger partial charge in [-0.15, -0.1) is 5.06 Å². The number of hydrogen-bond donors (Lipinski definition) is 0. The second-order valence-corrected chi connectivity index (χ2v) is 11.8. The van der Waals surface area contributed by atoms with Crippen LogP contribution in [0.4, 0.5) is 10.5 Å². The second-order valence-electron chi connectivity index (χ2n) is 10.5. The third-order valence-electron chi connectivity index (χ3n) is 9.00. The summed E-state index contributed by atoms with van der Waals surface area (Å²) in [6.07, 6.45) is 5.20. The van der Waals surface area contributed by atoms with Gasteiger partial charge in [-0.2, -0.15) is 0 Å². The molecular weight excluding hydrogens is 563 g/mol. The van der Waals surface area contributed by atoms with Gasteiger partial charge in [-0.25, -0.2) is 4.79 Å². The average Bonchev–Trinajstić information content (AvgIpc) is 3.21. The summed E-state index contributed by atoms with van der Waals surface area (Å²) in [4.78, 5) is 21.1. The number of anilines is 1. The molecular formula is C27H30ClIN2O3. The van der Waals surface area contributed by atoms with E-state index in [9.17, 15) is 4.79 Å². The highest BCUT2D eigenvalue weighted by Crippen LogP contribution is 2.62. The molecule has 0 bridgehead atoms. The third-order valence-corrected chi connectivity index (χ3v) is 10.3. The first kappa shape index (κ1) is 22.9. The standard InChI is InChI=1S/C27H30ClIN2O3/c1-27-12-11-22-21-10-8-20(33-2)13-16(21)3-9-23(22)24(27)14-19(15-29)31-25(27)30(26(32)34-31)18-6-4-17(28)5-7-18/h4-8,10,13,19,22-25H,3,9,11-12,14-15H2,1-2H3/t19-,22-,23-,24+,25-,27+/m1/s1. The van der Waals surface area contributed by atoms with Crippen LogP contribution in [0.3, 0.4) is 0 Å². The predicted molar refractivity (Wildman–Crippen MR) is 142 cm³/mol. The summed E-state index contributed by atoms with van der Waals surface area (Å²) in [5, 5.41) is 2.70. The number of carbonyl (C=O) groups excluding carboxylic acids is 1. The van der Waals surface area contributed by atoms with Gasteiger partial charge in [0.25, 0.3) is 0 Å². The molecule has 2 aliphatic heterocycles. The molecule has 1 amide bonds. The Labute approximate surface area is 219 Å². The number of amides is 1. The molecule has 2 aromatic rings. The van der Waals surface area contributed by atoms with Crippen LogP contribution in [-0.4, -0.2) is 34.9 Å². The maximum absolute atomic E-state index is 13.2. The van der Waals surface area contributed by atoms with E-state index in [2.05, 4.69) is 47.7 Å². The van der Waals surface area contributed by atoms with Crippen LogP contribution in [0.2, 0.25) is 5.02 Å². The Hall–Kier alpha value is -1.51. The van der Waals surface area contributed by atoms with Crippen molar-refractivity contribution in [2.45, 2.75) is 57.2 Å². The van der Waals surface area contributed by atoms with Gasteiger partial charge < -0.3 is 9.57 Å². The normalized spacial score (nSPS) is 34.5. The molecule has 2 heterocycles. The van der Waals surface area contributed by atoms with Crippen molar-refractivity contribution in [1.82, 2.24) is 5.06 Å². The largest absolute Gasteiger partial charge is 0.497 e. The number of methoxy groups -OCH3 is 1. The quantitative estimate of drug-likeness (QED) is 0.290. The molecule has 2 aliphatic carbocycles. The van der Waals surface area contributed by atoms with Crippen molar-refractivity contribution in [2.75, 3.05) is 16.4 Å². The Morgan fingerprint density at radius 3 is 2.74 bits per heavy atom. The maximum Gasteiger partial charge on any atom is 0.435 e. The molecule has 180 valence electrons. The first-order valence-electron chi connectivity index (χ1n) is 12.2. The Morgan fingerprint density at radius 1 is 1.21 bits per heavy atom. The molecule has 0 N–H and O–H groups in total. The minimum absolute atomic E-state index is 0.0424. The number of hydroxylamine groups is 2. The molecule has 0 unspecified atom stereocenters. The lowest BCUT2D eigenvalue weighted by molar-refractivity contribution is -0.205. The van der Waals surface area contributed by atoms with E-state index in [1.807, 2.05) is 34.2 Å². The molecule has 34 heavy (non-hydrogen) atoms. The summed E-state index contributed by atoms with van der Waals surface area (Å²) >= 11 is 8.62. The lowest BCUT2D eigenvalue weighted by Crippen LogP contribution is -2.64.